The van der Waals surface area contributed by atoms with Crippen LogP contribution in [-0.4, -0.2) is 30.6 Å². The second-order valence-electron chi connectivity index (χ2n) is 6.33. The second-order valence-corrected chi connectivity index (χ2v) is 6.33. The first-order valence-electron chi connectivity index (χ1n) is 8.47. The Morgan fingerprint density at radius 1 is 1.25 bits per heavy atom. The predicted molar refractivity (Wildman–Crippen MR) is 96.7 cm³/mol. The Kier molecular flexibility index (Phi) is 5.17. The summed E-state index contributed by atoms with van der Waals surface area (Å²) in [5, 5.41) is 11.6. The third-order valence-corrected chi connectivity index (χ3v) is 4.37. The van der Waals surface area contributed by atoms with Crippen LogP contribution in [0.4, 0.5) is 13.2 Å². The summed E-state index contributed by atoms with van der Waals surface area (Å²) in [6.45, 7) is 7.87. The van der Waals surface area contributed by atoms with Crippen LogP contribution in [-0.2, 0) is 19.3 Å². The topological polar surface area (TPSA) is 65.6 Å². The molecular formula is C19H18F3N5O. The number of allylic oxidation sites excluding steroid dienone is 1. The molecule has 0 N–H and O–H groups in total. The maximum absolute atomic E-state index is 12.9. The van der Waals surface area contributed by atoms with E-state index in [1.165, 1.54) is 12.1 Å². The summed E-state index contributed by atoms with van der Waals surface area (Å²) in [4.78, 5) is 13.7. The minimum absolute atomic E-state index is 0.0241. The van der Waals surface area contributed by atoms with E-state index in [4.69, 9.17) is 0 Å². The van der Waals surface area contributed by atoms with Crippen molar-refractivity contribution in [3.63, 3.8) is 0 Å². The third-order valence-electron chi connectivity index (χ3n) is 4.37. The lowest BCUT2D eigenvalue weighted by atomic mass is 10.1. The number of alkyl halides is 3. The molecule has 28 heavy (non-hydrogen) atoms. The molecule has 9 heteroatoms. The van der Waals surface area contributed by atoms with E-state index < -0.39 is 11.7 Å². The van der Waals surface area contributed by atoms with Gasteiger partial charge in [-0.3, -0.25) is 4.79 Å². The third kappa shape index (κ3) is 3.88. The Balaban J connectivity index is 1.81. The van der Waals surface area contributed by atoms with Crippen molar-refractivity contribution in [2.75, 3.05) is 0 Å². The van der Waals surface area contributed by atoms with Gasteiger partial charge in [0.25, 0.3) is 0 Å². The van der Waals surface area contributed by atoms with Crippen molar-refractivity contribution in [3.8, 4) is 11.4 Å². The zero-order chi connectivity index (χ0) is 20.5. The molecule has 0 saturated heterocycles. The molecule has 6 nitrogen and oxygen atoms in total. The molecule has 146 valence electrons. The molecule has 3 aromatic rings. The first-order chi connectivity index (χ1) is 13.2. The lowest BCUT2D eigenvalue weighted by Crippen LogP contribution is -2.14. The summed E-state index contributed by atoms with van der Waals surface area (Å²) < 4.78 is 40.5. The van der Waals surface area contributed by atoms with E-state index in [1.54, 1.807) is 12.1 Å². The Labute approximate surface area is 159 Å². The Hall–Kier alpha value is -3.23. The fourth-order valence-electron chi connectivity index (χ4n) is 2.97. The van der Waals surface area contributed by atoms with Crippen LogP contribution in [0.25, 0.3) is 11.4 Å². The number of tetrazole rings is 1. The van der Waals surface area contributed by atoms with Crippen LogP contribution >= 0.6 is 0 Å². The minimum atomic E-state index is -4.46. The van der Waals surface area contributed by atoms with Gasteiger partial charge < -0.3 is 4.57 Å². The van der Waals surface area contributed by atoms with E-state index in [-0.39, 0.29) is 23.7 Å². The lowest BCUT2D eigenvalue weighted by Gasteiger charge is -2.06. The Morgan fingerprint density at radius 3 is 2.68 bits per heavy atom. The van der Waals surface area contributed by atoms with Gasteiger partial charge in [0.15, 0.2) is 5.78 Å². The lowest BCUT2D eigenvalue weighted by molar-refractivity contribution is -0.137. The number of carbonyl (C=O) groups excluding carboxylic acids is 1. The molecule has 1 aromatic carbocycles. The average molecular weight is 389 g/mol. The first kappa shape index (κ1) is 19.5. The summed E-state index contributed by atoms with van der Waals surface area (Å²) in [6, 6.07) is 6.44. The summed E-state index contributed by atoms with van der Waals surface area (Å²) in [7, 11) is 0. The number of Topliss-reactive ketones (excluding diaryl/α,β-unsaturated/α-hetero) is 1. The minimum Gasteiger partial charge on any atom is -0.345 e. The Morgan fingerprint density at radius 2 is 2.00 bits per heavy atom. The van der Waals surface area contributed by atoms with Gasteiger partial charge in [-0.2, -0.15) is 18.0 Å². The predicted octanol–water partition coefficient (Wildman–Crippen LogP) is 3.85. The van der Waals surface area contributed by atoms with Crippen LogP contribution in [0.1, 0.15) is 27.3 Å². The highest BCUT2D eigenvalue weighted by Gasteiger charge is 2.30. The first-order valence-corrected chi connectivity index (χ1v) is 8.47. The zero-order valence-electron chi connectivity index (χ0n) is 15.4. The Bertz CT molecular complexity index is 1030. The summed E-state index contributed by atoms with van der Waals surface area (Å²) >= 11 is 0. The quantitative estimate of drug-likeness (QED) is 0.475. The van der Waals surface area contributed by atoms with Crippen molar-refractivity contribution in [3.05, 3.63) is 65.5 Å². The van der Waals surface area contributed by atoms with E-state index in [9.17, 15) is 18.0 Å². The van der Waals surface area contributed by atoms with E-state index in [2.05, 4.69) is 22.0 Å². The van der Waals surface area contributed by atoms with Gasteiger partial charge in [-0.25, -0.2) is 0 Å². The summed E-state index contributed by atoms with van der Waals surface area (Å²) in [5.74, 6) is -0.188. The van der Waals surface area contributed by atoms with Crippen molar-refractivity contribution in [2.45, 2.75) is 33.1 Å². The van der Waals surface area contributed by atoms with Crippen molar-refractivity contribution in [1.29, 1.82) is 0 Å². The average Bonchev–Trinajstić information content (AvgIpc) is 3.21. The van der Waals surface area contributed by atoms with Gasteiger partial charge in [-0.05, 0) is 37.3 Å². The molecule has 2 heterocycles. The molecule has 0 aliphatic rings. The van der Waals surface area contributed by atoms with Crippen LogP contribution in [0.3, 0.4) is 0 Å². The van der Waals surface area contributed by atoms with Crippen LogP contribution in [0.5, 0.6) is 0 Å². The molecule has 2 aromatic heterocycles. The SMILES string of the molecule is C=CCn1c(C)cc(C(=O)Cn2nnc(-c3cccc(C(F)(F)F)c3)n2)c1C. The number of aryl methyl sites for hydroxylation is 1. The number of benzene rings is 1. The fourth-order valence-corrected chi connectivity index (χ4v) is 2.97. The molecule has 0 aliphatic heterocycles. The highest BCUT2D eigenvalue weighted by Crippen LogP contribution is 2.31. The van der Waals surface area contributed by atoms with Gasteiger partial charge in [0.2, 0.25) is 5.82 Å². The molecule has 0 aliphatic carbocycles. The van der Waals surface area contributed by atoms with E-state index in [0.717, 1.165) is 28.3 Å². The maximum atomic E-state index is 12.9. The fraction of sp³-hybridized carbons (Fsp3) is 0.263. The van der Waals surface area contributed by atoms with Crippen molar-refractivity contribution < 1.29 is 18.0 Å². The number of ketones is 1. The number of aromatic nitrogens is 5. The molecule has 3 rings (SSSR count). The van der Waals surface area contributed by atoms with Crippen molar-refractivity contribution >= 4 is 5.78 Å². The zero-order valence-corrected chi connectivity index (χ0v) is 15.4. The van der Waals surface area contributed by atoms with Crippen LogP contribution < -0.4 is 0 Å². The second kappa shape index (κ2) is 7.41. The number of hydrogen-bond acceptors (Lipinski definition) is 4. The smallest absolute Gasteiger partial charge is 0.345 e. The molecule has 0 bridgehead atoms. The van der Waals surface area contributed by atoms with Gasteiger partial charge in [0.1, 0.15) is 6.54 Å². The number of nitrogens with zero attached hydrogens (tertiary/aromatic N) is 5. The molecule has 0 unspecified atom stereocenters. The monoisotopic (exact) mass is 389 g/mol. The molecule has 0 atom stereocenters. The van der Waals surface area contributed by atoms with Crippen LogP contribution in [0.15, 0.2) is 43.0 Å². The number of rotatable bonds is 6. The largest absolute Gasteiger partial charge is 0.416 e. The van der Waals surface area contributed by atoms with Gasteiger partial charge in [0.05, 0.1) is 5.56 Å². The van der Waals surface area contributed by atoms with Gasteiger partial charge in [0, 0.05) is 29.1 Å². The summed E-state index contributed by atoms with van der Waals surface area (Å²) in [5.41, 5.74) is 1.65. The van der Waals surface area contributed by atoms with Gasteiger partial charge in [-0.1, -0.05) is 18.2 Å². The molecule has 0 amide bonds. The highest BCUT2D eigenvalue weighted by molar-refractivity contribution is 5.97. The molecular weight excluding hydrogens is 371 g/mol. The van der Waals surface area contributed by atoms with Gasteiger partial charge in [-0.15, -0.1) is 16.8 Å². The van der Waals surface area contributed by atoms with E-state index >= 15 is 0 Å². The van der Waals surface area contributed by atoms with Gasteiger partial charge >= 0.3 is 6.18 Å². The van der Waals surface area contributed by atoms with Crippen LogP contribution in [0.2, 0.25) is 0 Å². The number of halogens is 3. The summed E-state index contributed by atoms with van der Waals surface area (Å²) in [6.07, 6.45) is -2.72. The number of hydrogen-bond donors (Lipinski definition) is 0. The van der Waals surface area contributed by atoms with Crippen molar-refractivity contribution in [1.82, 2.24) is 24.8 Å². The highest BCUT2D eigenvalue weighted by atomic mass is 19.4. The molecule has 0 spiro atoms. The normalized spacial score (nSPS) is 11.6. The standard InChI is InChI=1S/C19H18F3N5O/c1-4-8-26-12(2)9-16(13(26)3)17(28)11-27-24-18(23-25-27)14-6-5-7-15(10-14)19(20,21)22/h4-7,9-10H,1,8,11H2,2-3H3. The van der Waals surface area contributed by atoms with Crippen LogP contribution in [0, 0.1) is 13.8 Å². The van der Waals surface area contributed by atoms with Crippen molar-refractivity contribution in [2.24, 2.45) is 0 Å². The molecule has 0 fully saturated rings. The number of carbonyl (C=O) groups is 1. The molecule has 0 radical (unpaired) electrons. The molecule has 0 saturated carbocycles. The van der Waals surface area contributed by atoms with E-state index in [0.29, 0.717) is 12.1 Å². The van der Waals surface area contributed by atoms with E-state index in [1.807, 2.05) is 18.4 Å². The maximum Gasteiger partial charge on any atom is 0.416 e.